The van der Waals surface area contributed by atoms with Crippen LogP contribution in [-0.4, -0.2) is 81.0 Å². The Morgan fingerprint density at radius 2 is 2.04 bits per heavy atom. The fourth-order valence-electron chi connectivity index (χ4n) is 3.46. The molecular weight excluding hydrogens is 475 g/mol. The van der Waals surface area contributed by atoms with Crippen LogP contribution in [0.15, 0.2) is 35.3 Å². The van der Waals surface area contributed by atoms with Crippen LogP contribution in [0.5, 0.6) is 5.75 Å². The lowest BCUT2D eigenvalue weighted by Crippen LogP contribution is -2.60. The van der Waals surface area contributed by atoms with E-state index < -0.39 is 0 Å². The number of ether oxygens (including phenoxy) is 2. The van der Waals surface area contributed by atoms with Crippen LogP contribution in [0, 0.1) is 0 Å². The lowest BCUT2D eigenvalue weighted by atomic mass is 9.95. The fourth-order valence-corrected chi connectivity index (χ4v) is 4.94. The van der Waals surface area contributed by atoms with Crippen LogP contribution < -0.4 is 15.4 Å². The van der Waals surface area contributed by atoms with E-state index in [9.17, 15) is 0 Å². The molecule has 6 nitrogen and oxygen atoms in total. The standard InChI is InChI=1S/C19H30N4O2S.HI/c1-20-18(21-8-11-25-17-5-3-2-4-6-17)22-15-19(7-14-26-16-19)23-9-12-24-13-10-23;/h2-6H,7-16H2,1H3,(H2,20,21,22);1H. The lowest BCUT2D eigenvalue weighted by Gasteiger charge is -2.43. The Balaban J connectivity index is 0.00000261. The van der Waals surface area contributed by atoms with Crippen LogP contribution in [0.25, 0.3) is 0 Å². The Bertz CT molecular complexity index is 564. The number of para-hydroxylation sites is 1. The molecular formula is C19H31IN4O2S. The minimum atomic E-state index is 0. The number of halogens is 1. The summed E-state index contributed by atoms with van der Waals surface area (Å²) in [5, 5.41) is 6.88. The quantitative estimate of drug-likeness (QED) is 0.256. The molecule has 0 amide bonds. The van der Waals surface area contributed by atoms with Gasteiger partial charge in [0, 0.05) is 38.0 Å². The zero-order valence-corrected chi connectivity index (χ0v) is 19.1. The van der Waals surface area contributed by atoms with E-state index in [1.165, 1.54) is 17.9 Å². The molecule has 2 saturated heterocycles. The van der Waals surface area contributed by atoms with Gasteiger partial charge in [0.15, 0.2) is 5.96 Å². The number of aliphatic imine (C=N–C) groups is 1. The molecule has 0 aromatic heterocycles. The summed E-state index contributed by atoms with van der Waals surface area (Å²) in [4.78, 5) is 6.97. The molecule has 0 spiro atoms. The largest absolute Gasteiger partial charge is 0.492 e. The summed E-state index contributed by atoms with van der Waals surface area (Å²) in [7, 11) is 1.82. The molecule has 1 unspecified atom stereocenters. The summed E-state index contributed by atoms with van der Waals surface area (Å²) >= 11 is 2.05. The first-order valence-corrected chi connectivity index (χ1v) is 10.5. The van der Waals surface area contributed by atoms with E-state index in [-0.39, 0.29) is 29.5 Å². The number of hydrogen-bond acceptors (Lipinski definition) is 5. The van der Waals surface area contributed by atoms with Crippen LogP contribution in [0.4, 0.5) is 0 Å². The highest BCUT2D eigenvalue weighted by Crippen LogP contribution is 2.33. The smallest absolute Gasteiger partial charge is 0.191 e. The van der Waals surface area contributed by atoms with Gasteiger partial charge in [-0.15, -0.1) is 24.0 Å². The summed E-state index contributed by atoms with van der Waals surface area (Å²) in [5.74, 6) is 4.14. The molecule has 2 heterocycles. The molecule has 0 bridgehead atoms. The molecule has 27 heavy (non-hydrogen) atoms. The minimum Gasteiger partial charge on any atom is -0.492 e. The number of guanidine groups is 1. The summed E-state index contributed by atoms with van der Waals surface area (Å²) in [5.41, 5.74) is 0.215. The van der Waals surface area contributed by atoms with Crippen molar-refractivity contribution in [3.8, 4) is 5.75 Å². The summed E-state index contributed by atoms with van der Waals surface area (Å²) in [6.45, 7) is 5.98. The number of hydrogen-bond donors (Lipinski definition) is 2. The van der Waals surface area contributed by atoms with Gasteiger partial charge in [-0.3, -0.25) is 9.89 Å². The number of rotatable bonds is 7. The van der Waals surface area contributed by atoms with Crippen molar-refractivity contribution >= 4 is 41.7 Å². The van der Waals surface area contributed by atoms with Crippen molar-refractivity contribution in [2.24, 2.45) is 4.99 Å². The second kappa shape index (κ2) is 12.0. The van der Waals surface area contributed by atoms with Gasteiger partial charge in [-0.2, -0.15) is 11.8 Å². The third kappa shape index (κ3) is 6.69. The predicted molar refractivity (Wildman–Crippen MR) is 124 cm³/mol. The van der Waals surface area contributed by atoms with Gasteiger partial charge in [0.05, 0.1) is 19.8 Å². The summed E-state index contributed by atoms with van der Waals surface area (Å²) in [6, 6.07) is 9.89. The molecule has 3 rings (SSSR count). The van der Waals surface area contributed by atoms with Crippen LogP contribution in [0.2, 0.25) is 0 Å². The molecule has 1 aromatic rings. The van der Waals surface area contributed by atoms with Gasteiger partial charge in [0.1, 0.15) is 12.4 Å². The highest BCUT2D eigenvalue weighted by atomic mass is 127. The van der Waals surface area contributed by atoms with Crippen molar-refractivity contribution in [3.05, 3.63) is 30.3 Å². The molecule has 1 atom stereocenters. The highest BCUT2D eigenvalue weighted by molar-refractivity contribution is 14.0. The minimum absolute atomic E-state index is 0. The third-order valence-corrected chi connectivity index (χ3v) is 6.21. The zero-order chi connectivity index (χ0) is 18.1. The van der Waals surface area contributed by atoms with Crippen LogP contribution in [0.3, 0.4) is 0 Å². The Labute approximate surface area is 183 Å². The first kappa shape index (κ1) is 22.6. The van der Waals surface area contributed by atoms with Crippen molar-refractivity contribution < 1.29 is 9.47 Å². The van der Waals surface area contributed by atoms with E-state index in [2.05, 4.69) is 32.3 Å². The van der Waals surface area contributed by atoms with Crippen molar-refractivity contribution in [1.82, 2.24) is 15.5 Å². The maximum absolute atomic E-state index is 5.72. The van der Waals surface area contributed by atoms with Crippen LogP contribution >= 0.6 is 35.7 Å². The molecule has 8 heteroatoms. The maximum Gasteiger partial charge on any atom is 0.191 e. The molecule has 2 aliphatic heterocycles. The Hall–Kier alpha value is -0.710. The van der Waals surface area contributed by atoms with E-state index in [1.807, 2.05) is 37.4 Å². The van der Waals surface area contributed by atoms with Gasteiger partial charge in [0.25, 0.3) is 0 Å². The number of thioether (sulfide) groups is 1. The Morgan fingerprint density at radius 1 is 1.26 bits per heavy atom. The second-order valence-corrected chi connectivity index (χ2v) is 7.75. The fraction of sp³-hybridized carbons (Fsp3) is 0.632. The maximum atomic E-state index is 5.72. The Kier molecular flexibility index (Phi) is 10.0. The number of nitrogens with one attached hydrogen (secondary N) is 2. The topological polar surface area (TPSA) is 58.1 Å². The lowest BCUT2D eigenvalue weighted by molar-refractivity contribution is -0.0120. The second-order valence-electron chi connectivity index (χ2n) is 6.64. The van der Waals surface area contributed by atoms with Gasteiger partial charge in [-0.25, -0.2) is 0 Å². The summed E-state index contributed by atoms with van der Waals surface area (Å²) < 4.78 is 11.3. The van der Waals surface area contributed by atoms with E-state index >= 15 is 0 Å². The number of nitrogens with zero attached hydrogens (tertiary/aromatic N) is 2. The molecule has 0 radical (unpaired) electrons. The molecule has 0 aliphatic carbocycles. The van der Waals surface area contributed by atoms with Gasteiger partial charge < -0.3 is 20.1 Å². The van der Waals surface area contributed by atoms with Gasteiger partial charge in [0.2, 0.25) is 0 Å². The molecule has 152 valence electrons. The van der Waals surface area contributed by atoms with Gasteiger partial charge >= 0.3 is 0 Å². The predicted octanol–water partition coefficient (Wildman–Crippen LogP) is 2.06. The van der Waals surface area contributed by atoms with Crippen molar-refractivity contribution in [3.63, 3.8) is 0 Å². The average molecular weight is 506 g/mol. The molecule has 0 saturated carbocycles. The average Bonchev–Trinajstić information content (AvgIpc) is 3.19. The number of morpholine rings is 1. The van der Waals surface area contributed by atoms with Crippen LogP contribution in [0.1, 0.15) is 6.42 Å². The molecule has 2 aliphatic rings. The van der Waals surface area contributed by atoms with Crippen molar-refractivity contribution in [2.45, 2.75) is 12.0 Å². The van der Waals surface area contributed by atoms with E-state index in [0.29, 0.717) is 13.2 Å². The summed E-state index contributed by atoms with van der Waals surface area (Å²) in [6.07, 6.45) is 1.22. The monoisotopic (exact) mass is 506 g/mol. The number of benzene rings is 1. The molecule has 1 aromatic carbocycles. The first-order chi connectivity index (χ1) is 12.8. The van der Waals surface area contributed by atoms with Crippen molar-refractivity contribution in [1.29, 1.82) is 0 Å². The SMILES string of the molecule is CN=C(NCCOc1ccccc1)NCC1(N2CCOCC2)CCSC1.I. The third-order valence-electron chi connectivity index (χ3n) is 4.98. The normalized spacial score (nSPS) is 23.5. The van der Waals surface area contributed by atoms with E-state index in [0.717, 1.165) is 44.6 Å². The molecule has 2 N–H and O–H groups in total. The van der Waals surface area contributed by atoms with Gasteiger partial charge in [-0.05, 0) is 24.3 Å². The zero-order valence-electron chi connectivity index (χ0n) is 16.0. The first-order valence-electron chi connectivity index (χ1n) is 9.35. The van der Waals surface area contributed by atoms with Gasteiger partial charge in [-0.1, -0.05) is 18.2 Å². The van der Waals surface area contributed by atoms with E-state index in [1.54, 1.807) is 0 Å². The van der Waals surface area contributed by atoms with Crippen LogP contribution in [-0.2, 0) is 4.74 Å². The van der Waals surface area contributed by atoms with Crippen molar-refractivity contribution in [2.75, 3.05) is 64.6 Å². The highest BCUT2D eigenvalue weighted by Gasteiger charge is 2.40. The Morgan fingerprint density at radius 3 is 2.70 bits per heavy atom. The molecule has 2 fully saturated rings. The van der Waals surface area contributed by atoms with E-state index in [4.69, 9.17) is 9.47 Å².